The summed E-state index contributed by atoms with van der Waals surface area (Å²) in [5.74, 6) is -1.39. The summed E-state index contributed by atoms with van der Waals surface area (Å²) in [6.45, 7) is 1.21. The summed E-state index contributed by atoms with van der Waals surface area (Å²) in [5.41, 5.74) is 5.54. The molecule has 0 aliphatic rings. The van der Waals surface area contributed by atoms with E-state index >= 15 is 0 Å². The molecule has 1 heterocycles. The molecule has 24 heavy (non-hydrogen) atoms. The highest BCUT2D eigenvalue weighted by Crippen LogP contribution is 2.31. The lowest BCUT2D eigenvalue weighted by molar-refractivity contribution is -0.274. The van der Waals surface area contributed by atoms with Crippen LogP contribution >= 0.6 is 11.3 Å². The number of aromatic nitrogens is 1. The number of nitrogens with one attached hydrogen (secondary N) is 2. The first-order valence-corrected chi connectivity index (χ1v) is 7.46. The molecule has 0 saturated heterocycles. The Bertz CT molecular complexity index is 762. The van der Waals surface area contributed by atoms with Crippen molar-refractivity contribution in [3.63, 3.8) is 0 Å². The van der Waals surface area contributed by atoms with Gasteiger partial charge in [0, 0.05) is 6.07 Å². The molecule has 11 heteroatoms. The fraction of sp³-hybridized carbons (Fsp3) is 0.308. The first kappa shape index (κ1) is 17.9. The number of nitrogens with two attached hydrogens (primary N) is 1. The molecular formula is C13H13F3N4O3S. The van der Waals surface area contributed by atoms with Crippen LogP contribution in [-0.2, 0) is 9.59 Å². The second kappa shape index (κ2) is 7.01. The van der Waals surface area contributed by atoms with E-state index in [4.69, 9.17) is 5.73 Å². The number of anilines is 1. The molecule has 0 unspecified atom stereocenters. The maximum atomic E-state index is 12.2. The van der Waals surface area contributed by atoms with Crippen LogP contribution in [0.15, 0.2) is 18.2 Å². The second-order valence-corrected chi connectivity index (χ2v) is 5.71. The largest absolute Gasteiger partial charge is 0.573 e. The number of amides is 2. The number of halogens is 3. The molecule has 0 bridgehead atoms. The molecule has 0 spiro atoms. The van der Waals surface area contributed by atoms with Gasteiger partial charge in [0.25, 0.3) is 0 Å². The standard InChI is InChI=1S/C13H13F3N4O3S/c1-6(18-10(21)5-17)11(22)20-12-19-8-3-2-7(4-9(8)24-12)23-13(14,15)16/h2-4,6H,5,17H2,1H3,(H,18,21)(H,19,20,22)/t6-/m0/s1. The van der Waals surface area contributed by atoms with Gasteiger partial charge in [0.05, 0.1) is 16.8 Å². The van der Waals surface area contributed by atoms with Crippen LogP contribution < -0.4 is 21.1 Å². The van der Waals surface area contributed by atoms with Crippen molar-refractivity contribution in [1.29, 1.82) is 0 Å². The van der Waals surface area contributed by atoms with Gasteiger partial charge >= 0.3 is 6.36 Å². The van der Waals surface area contributed by atoms with Crippen molar-refractivity contribution in [3.05, 3.63) is 18.2 Å². The maximum Gasteiger partial charge on any atom is 0.573 e. The van der Waals surface area contributed by atoms with Gasteiger partial charge in [-0.15, -0.1) is 13.2 Å². The Hall–Kier alpha value is -2.40. The van der Waals surface area contributed by atoms with E-state index in [0.717, 1.165) is 17.4 Å². The van der Waals surface area contributed by atoms with Gasteiger partial charge in [-0.3, -0.25) is 9.59 Å². The van der Waals surface area contributed by atoms with Crippen LogP contribution in [0.4, 0.5) is 18.3 Å². The van der Waals surface area contributed by atoms with E-state index in [1.54, 1.807) is 0 Å². The lowest BCUT2D eigenvalue weighted by Crippen LogP contribution is -2.44. The number of hydrogen-bond acceptors (Lipinski definition) is 6. The van der Waals surface area contributed by atoms with Gasteiger partial charge in [-0.25, -0.2) is 4.98 Å². The number of hydrogen-bond donors (Lipinski definition) is 3. The Morgan fingerprint density at radius 1 is 1.42 bits per heavy atom. The van der Waals surface area contributed by atoms with Crippen molar-refractivity contribution in [1.82, 2.24) is 10.3 Å². The Morgan fingerprint density at radius 3 is 2.75 bits per heavy atom. The summed E-state index contributed by atoms with van der Waals surface area (Å²) in [6, 6.07) is 2.82. The van der Waals surface area contributed by atoms with Gasteiger partial charge in [0.2, 0.25) is 11.8 Å². The molecule has 2 amide bonds. The van der Waals surface area contributed by atoms with Crippen molar-refractivity contribution in [2.45, 2.75) is 19.3 Å². The zero-order valence-corrected chi connectivity index (χ0v) is 13.1. The SMILES string of the molecule is C[C@H](NC(=O)CN)C(=O)Nc1nc2ccc(OC(F)(F)F)cc2s1. The first-order valence-electron chi connectivity index (χ1n) is 6.64. The zero-order chi connectivity index (χ0) is 17.9. The second-order valence-electron chi connectivity index (χ2n) is 4.68. The van der Waals surface area contributed by atoms with Crippen molar-refractivity contribution in [2.75, 3.05) is 11.9 Å². The van der Waals surface area contributed by atoms with Crippen LogP contribution in [-0.4, -0.2) is 35.7 Å². The lowest BCUT2D eigenvalue weighted by atomic mass is 10.3. The summed E-state index contributed by atoms with van der Waals surface area (Å²) in [6.07, 6.45) is -4.79. The number of ether oxygens (including phenoxy) is 1. The van der Waals surface area contributed by atoms with Crippen LogP contribution in [0.1, 0.15) is 6.92 Å². The topological polar surface area (TPSA) is 106 Å². The molecule has 130 valence electrons. The molecule has 2 aromatic rings. The number of benzene rings is 1. The number of carbonyl (C=O) groups excluding carboxylic acids is 2. The first-order chi connectivity index (χ1) is 11.2. The average molecular weight is 362 g/mol. The highest BCUT2D eigenvalue weighted by molar-refractivity contribution is 7.22. The predicted molar refractivity (Wildman–Crippen MR) is 81.6 cm³/mol. The predicted octanol–water partition coefficient (Wildman–Crippen LogP) is 1.60. The molecule has 0 aliphatic carbocycles. The molecular weight excluding hydrogens is 349 g/mol. The molecule has 1 aromatic carbocycles. The quantitative estimate of drug-likeness (QED) is 0.749. The summed E-state index contributed by atoms with van der Waals surface area (Å²) < 4.78 is 40.9. The Labute approximate surface area is 138 Å². The van der Waals surface area contributed by atoms with E-state index in [1.165, 1.54) is 19.1 Å². The highest BCUT2D eigenvalue weighted by Gasteiger charge is 2.31. The summed E-state index contributed by atoms with van der Waals surface area (Å²) in [7, 11) is 0. The van der Waals surface area contributed by atoms with Gasteiger partial charge in [-0.05, 0) is 19.1 Å². The summed E-state index contributed by atoms with van der Waals surface area (Å²) in [4.78, 5) is 27.1. The summed E-state index contributed by atoms with van der Waals surface area (Å²) in [5, 5.41) is 5.04. The Morgan fingerprint density at radius 2 is 2.12 bits per heavy atom. The fourth-order valence-electron chi connectivity index (χ4n) is 1.74. The average Bonchev–Trinajstić information content (AvgIpc) is 2.86. The molecule has 4 N–H and O–H groups in total. The monoisotopic (exact) mass is 362 g/mol. The van der Waals surface area contributed by atoms with Crippen LogP contribution in [0.25, 0.3) is 10.2 Å². The Kier molecular flexibility index (Phi) is 5.24. The van der Waals surface area contributed by atoms with Crippen molar-refractivity contribution < 1.29 is 27.5 Å². The van der Waals surface area contributed by atoms with Gasteiger partial charge in [-0.2, -0.15) is 0 Å². The van der Waals surface area contributed by atoms with E-state index in [0.29, 0.717) is 10.2 Å². The number of carbonyl (C=O) groups is 2. The van der Waals surface area contributed by atoms with Crippen LogP contribution in [0.3, 0.4) is 0 Å². The van der Waals surface area contributed by atoms with E-state index in [2.05, 4.69) is 20.4 Å². The molecule has 0 radical (unpaired) electrons. The molecule has 0 fully saturated rings. The maximum absolute atomic E-state index is 12.2. The number of rotatable bonds is 5. The third-order valence-corrected chi connectivity index (χ3v) is 3.71. The number of alkyl halides is 3. The van der Waals surface area contributed by atoms with Gasteiger partial charge in [0.15, 0.2) is 5.13 Å². The summed E-state index contributed by atoms with van der Waals surface area (Å²) >= 11 is 0.980. The van der Waals surface area contributed by atoms with Gasteiger partial charge in [0.1, 0.15) is 11.8 Å². The van der Waals surface area contributed by atoms with E-state index in [-0.39, 0.29) is 17.4 Å². The van der Waals surface area contributed by atoms with Crippen LogP contribution in [0, 0.1) is 0 Å². The molecule has 2 rings (SSSR count). The fourth-order valence-corrected chi connectivity index (χ4v) is 2.63. The normalized spacial score (nSPS) is 12.7. The Balaban J connectivity index is 2.10. The van der Waals surface area contributed by atoms with Gasteiger partial charge < -0.3 is 21.1 Å². The molecule has 1 atom stereocenters. The lowest BCUT2D eigenvalue weighted by Gasteiger charge is -2.11. The third kappa shape index (κ3) is 4.80. The van der Waals surface area contributed by atoms with E-state index in [9.17, 15) is 22.8 Å². The van der Waals surface area contributed by atoms with Crippen LogP contribution in [0.5, 0.6) is 5.75 Å². The molecule has 1 aromatic heterocycles. The van der Waals surface area contributed by atoms with E-state index < -0.39 is 24.2 Å². The number of fused-ring (bicyclic) bond motifs is 1. The molecule has 0 aliphatic heterocycles. The molecule has 7 nitrogen and oxygen atoms in total. The smallest absolute Gasteiger partial charge is 0.406 e. The minimum Gasteiger partial charge on any atom is -0.406 e. The van der Waals surface area contributed by atoms with Crippen molar-refractivity contribution in [3.8, 4) is 5.75 Å². The van der Waals surface area contributed by atoms with E-state index in [1.807, 2.05) is 0 Å². The van der Waals surface area contributed by atoms with Gasteiger partial charge in [-0.1, -0.05) is 11.3 Å². The molecule has 0 saturated carbocycles. The minimum atomic E-state index is -4.79. The van der Waals surface area contributed by atoms with Crippen molar-refractivity contribution in [2.24, 2.45) is 5.73 Å². The minimum absolute atomic E-state index is 0.188. The third-order valence-electron chi connectivity index (χ3n) is 2.78. The zero-order valence-electron chi connectivity index (χ0n) is 12.3. The number of thiazole rings is 1. The number of nitrogens with zero attached hydrogens (tertiary/aromatic N) is 1. The highest BCUT2D eigenvalue weighted by atomic mass is 32.1. The van der Waals surface area contributed by atoms with Crippen LogP contribution in [0.2, 0.25) is 0 Å². The van der Waals surface area contributed by atoms with Crippen molar-refractivity contribution >= 4 is 38.5 Å².